The van der Waals surface area contributed by atoms with Gasteiger partial charge in [-0.3, -0.25) is 0 Å². The SMILES string of the molecule is NCc1cc(-c2cccc(OC(F)(F)F)c2)cc(C(F)(F)F)c1. The number of hydrogen-bond acceptors (Lipinski definition) is 2. The Hall–Kier alpha value is -2.22. The van der Waals surface area contributed by atoms with Gasteiger partial charge >= 0.3 is 12.5 Å². The van der Waals surface area contributed by atoms with E-state index in [0.29, 0.717) is 0 Å². The van der Waals surface area contributed by atoms with Crippen molar-refractivity contribution in [3.8, 4) is 16.9 Å². The van der Waals surface area contributed by atoms with Crippen molar-refractivity contribution in [2.75, 3.05) is 0 Å². The number of halogens is 6. The Bertz CT molecular complexity index is 693. The third-order valence-corrected chi connectivity index (χ3v) is 2.96. The summed E-state index contributed by atoms with van der Waals surface area (Å²) in [6, 6.07) is 7.88. The van der Waals surface area contributed by atoms with Gasteiger partial charge in [-0.1, -0.05) is 12.1 Å². The zero-order valence-electron chi connectivity index (χ0n) is 11.5. The molecule has 0 unspecified atom stereocenters. The molecule has 0 bridgehead atoms. The molecule has 2 N–H and O–H groups in total. The predicted molar refractivity (Wildman–Crippen MR) is 71.5 cm³/mol. The molecular formula is C15H11F6NO. The molecule has 23 heavy (non-hydrogen) atoms. The van der Waals surface area contributed by atoms with Gasteiger partial charge in [0.15, 0.2) is 0 Å². The summed E-state index contributed by atoms with van der Waals surface area (Å²) in [7, 11) is 0. The fourth-order valence-corrected chi connectivity index (χ4v) is 2.01. The van der Waals surface area contributed by atoms with Crippen LogP contribution >= 0.6 is 0 Å². The molecule has 124 valence electrons. The topological polar surface area (TPSA) is 35.2 Å². The van der Waals surface area contributed by atoms with E-state index < -0.39 is 23.9 Å². The molecule has 0 aliphatic carbocycles. The number of rotatable bonds is 3. The first-order valence-corrected chi connectivity index (χ1v) is 6.36. The van der Waals surface area contributed by atoms with E-state index in [0.717, 1.165) is 24.3 Å². The Morgan fingerprint density at radius 3 is 2.13 bits per heavy atom. The highest BCUT2D eigenvalue weighted by Crippen LogP contribution is 2.34. The maximum atomic E-state index is 12.9. The molecule has 0 spiro atoms. The summed E-state index contributed by atoms with van der Waals surface area (Å²) in [4.78, 5) is 0. The first-order valence-electron chi connectivity index (χ1n) is 6.36. The van der Waals surface area contributed by atoms with Crippen LogP contribution in [0, 0.1) is 0 Å². The summed E-state index contributed by atoms with van der Waals surface area (Å²) in [6.45, 7) is -0.129. The van der Waals surface area contributed by atoms with Crippen molar-refractivity contribution < 1.29 is 31.1 Å². The van der Waals surface area contributed by atoms with E-state index in [9.17, 15) is 26.3 Å². The fourth-order valence-electron chi connectivity index (χ4n) is 2.01. The van der Waals surface area contributed by atoms with E-state index in [1.807, 2.05) is 0 Å². The predicted octanol–water partition coefficient (Wildman–Crippen LogP) is 4.73. The quantitative estimate of drug-likeness (QED) is 0.823. The lowest BCUT2D eigenvalue weighted by molar-refractivity contribution is -0.274. The Labute approximate surface area is 127 Å². The highest BCUT2D eigenvalue weighted by Gasteiger charge is 2.32. The second-order valence-electron chi connectivity index (χ2n) is 4.70. The Morgan fingerprint density at radius 1 is 0.870 bits per heavy atom. The molecule has 2 nitrogen and oxygen atoms in total. The van der Waals surface area contributed by atoms with Crippen molar-refractivity contribution in [3.05, 3.63) is 53.6 Å². The van der Waals surface area contributed by atoms with Gasteiger partial charge in [-0.25, -0.2) is 0 Å². The molecule has 0 atom stereocenters. The average molecular weight is 335 g/mol. The van der Waals surface area contributed by atoms with E-state index in [1.54, 1.807) is 0 Å². The molecule has 0 heterocycles. The van der Waals surface area contributed by atoms with Crippen LogP contribution in [0.4, 0.5) is 26.3 Å². The van der Waals surface area contributed by atoms with Crippen LogP contribution in [-0.4, -0.2) is 6.36 Å². The molecule has 8 heteroatoms. The largest absolute Gasteiger partial charge is 0.573 e. The van der Waals surface area contributed by atoms with Crippen molar-refractivity contribution in [3.63, 3.8) is 0 Å². The van der Waals surface area contributed by atoms with E-state index in [2.05, 4.69) is 4.74 Å². The molecule has 0 aromatic heterocycles. The molecule has 0 aliphatic heterocycles. The number of ether oxygens (including phenoxy) is 1. The minimum atomic E-state index is -4.88. The van der Waals surface area contributed by atoms with Crippen molar-refractivity contribution >= 4 is 0 Å². The van der Waals surface area contributed by atoms with Crippen LogP contribution in [0.3, 0.4) is 0 Å². The van der Waals surface area contributed by atoms with Crippen LogP contribution in [0.5, 0.6) is 5.75 Å². The van der Waals surface area contributed by atoms with Gasteiger partial charge in [0.1, 0.15) is 5.75 Å². The zero-order chi connectivity index (χ0) is 17.3. The van der Waals surface area contributed by atoms with Gasteiger partial charge in [0, 0.05) is 6.54 Å². The monoisotopic (exact) mass is 335 g/mol. The van der Waals surface area contributed by atoms with Crippen LogP contribution < -0.4 is 10.5 Å². The van der Waals surface area contributed by atoms with Crippen LogP contribution in [-0.2, 0) is 12.7 Å². The highest BCUT2D eigenvalue weighted by atomic mass is 19.4. The molecule has 0 aliphatic rings. The molecule has 0 radical (unpaired) electrons. The average Bonchev–Trinajstić information content (AvgIpc) is 2.44. The lowest BCUT2D eigenvalue weighted by atomic mass is 9.99. The van der Waals surface area contributed by atoms with Crippen LogP contribution in [0.1, 0.15) is 11.1 Å². The first-order chi connectivity index (χ1) is 10.6. The third kappa shape index (κ3) is 4.62. The zero-order valence-corrected chi connectivity index (χ0v) is 11.5. The van der Waals surface area contributed by atoms with Gasteiger partial charge in [-0.05, 0) is 47.0 Å². The number of alkyl halides is 6. The number of nitrogens with two attached hydrogens (primary N) is 1. The van der Waals surface area contributed by atoms with Crippen molar-refractivity contribution in [1.82, 2.24) is 0 Å². The molecule has 0 saturated carbocycles. The number of hydrogen-bond donors (Lipinski definition) is 1. The summed E-state index contributed by atoms with van der Waals surface area (Å²) >= 11 is 0. The molecule has 2 aromatic carbocycles. The van der Waals surface area contributed by atoms with Gasteiger partial charge in [0.05, 0.1) is 5.56 Å². The van der Waals surface area contributed by atoms with Crippen molar-refractivity contribution in [1.29, 1.82) is 0 Å². The molecule has 0 saturated heterocycles. The highest BCUT2D eigenvalue weighted by molar-refractivity contribution is 5.67. The molecule has 0 fully saturated rings. The molecular weight excluding hydrogens is 324 g/mol. The summed E-state index contributed by atoms with van der Waals surface area (Å²) in [5.74, 6) is -0.512. The van der Waals surface area contributed by atoms with Gasteiger partial charge in [-0.2, -0.15) is 13.2 Å². The Balaban J connectivity index is 2.47. The maximum Gasteiger partial charge on any atom is 0.573 e. The third-order valence-electron chi connectivity index (χ3n) is 2.96. The van der Waals surface area contributed by atoms with Gasteiger partial charge in [0.25, 0.3) is 0 Å². The standard InChI is InChI=1S/C15H11F6NO/c16-14(17,18)12-5-9(8-22)4-11(6-12)10-2-1-3-13(7-10)23-15(19,20)21/h1-7H,8,22H2. The second-order valence-corrected chi connectivity index (χ2v) is 4.70. The molecule has 2 rings (SSSR count). The summed E-state index contributed by atoms with van der Waals surface area (Å²) in [5, 5.41) is 0. The Morgan fingerprint density at radius 2 is 1.57 bits per heavy atom. The van der Waals surface area contributed by atoms with Gasteiger partial charge in [-0.15, -0.1) is 13.2 Å². The molecule has 0 amide bonds. The molecule has 2 aromatic rings. The van der Waals surface area contributed by atoms with Gasteiger partial charge < -0.3 is 10.5 Å². The first kappa shape index (κ1) is 17.1. The van der Waals surface area contributed by atoms with E-state index in [1.165, 1.54) is 18.2 Å². The normalized spacial score (nSPS) is 12.3. The minimum Gasteiger partial charge on any atom is -0.406 e. The summed E-state index contributed by atoms with van der Waals surface area (Å²) in [6.07, 6.45) is -9.46. The van der Waals surface area contributed by atoms with Crippen molar-refractivity contribution in [2.24, 2.45) is 5.73 Å². The lowest BCUT2D eigenvalue weighted by Crippen LogP contribution is -2.17. The Kier molecular flexibility index (Phi) is 4.56. The van der Waals surface area contributed by atoms with E-state index in [4.69, 9.17) is 5.73 Å². The summed E-state index contributed by atoms with van der Waals surface area (Å²) in [5.41, 5.74) is 4.95. The van der Waals surface area contributed by atoms with E-state index >= 15 is 0 Å². The van der Waals surface area contributed by atoms with Gasteiger partial charge in [0.2, 0.25) is 0 Å². The van der Waals surface area contributed by atoms with Crippen molar-refractivity contribution in [2.45, 2.75) is 19.1 Å². The van der Waals surface area contributed by atoms with E-state index in [-0.39, 0.29) is 23.2 Å². The van der Waals surface area contributed by atoms with Crippen LogP contribution in [0.15, 0.2) is 42.5 Å². The van der Waals surface area contributed by atoms with Crippen LogP contribution in [0.25, 0.3) is 11.1 Å². The fraction of sp³-hybridized carbons (Fsp3) is 0.200. The summed E-state index contributed by atoms with van der Waals surface area (Å²) < 4.78 is 79.1. The lowest BCUT2D eigenvalue weighted by Gasteiger charge is -2.13. The smallest absolute Gasteiger partial charge is 0.406 e. The number of benzene rings is 2. The second kappa shape index (κ2) is 6.11. The minimum absolute atomic E-state index is 0.105. The van der Waals surface area contributed by atoms with Crippen LogP contribution in [0.2, 0.25) is 0 Å². The maximum absolute atomic E-state index is 12.9.